The Morgan fingerprint density at radius 1 is 1.33 bits per heavy atom. The molecule has 0 bridgehead atoms. The predicted octanol–water partition coefficient (Wildman–Crippen LogP) is 1.81. The van der Waals surface area contributed by atoms with Crippen molar-refractivity contribution in [3.63, 3.8) is 0 Å². The molecule has 0 aromatic carbocycles. The Bertz CT molecular complexity index is 445. The van der Waals surface area contributed by atoms with Gasteiger partial charge in [0.05, 0.1) is 6.10 Å². The minimum atomic E-state index is -0.825. The van der Waals surface area contributed by atoms with Gasteiger partial charge < -0.3 is 20.5 Å². The van der Waals surface area contributed by atoms with Crippen LogP contribution in [0.25, 0.3) is 0 Å². The molecule has 21 heavy (non-hydrogen) atoms. The monoisotopic (exact) mass is 294 g/mol. The van der Waals surface area contributed by atoms with E-state index in [-0.39, 0.29) is 6.10 Å². The van der Waals surface area contributed by atoms with Crippen LogP contribution in [-0.2, 0) is 11.2 Å². The summed E-state index contributed by atoms with van der Waals surface area (Å²) in [6, 6.07) is 1.88. The smallest absolute Gasteiger partial charge is 0.133 e. The third kappa shape index (κ3) is 4.04. The number of nitrogens with one attached hydrogen (secondary N) is 2. The molecule has 1 aromatic rings. The summed E-state index contributed by atoms with van der Waals surface area (Å²) in [6.07, 6.45) is 2.34. The van der Waals surface area contributed by atoms with E-state index in [2.05, 4.69) is 27.5 Å². The summed E-state index contributed by atoms with van der Waals surface area (Å²) in [5.41, 5.74) is -0.825. The number of hydrogen-bond acceptors (Lipinski definition) is 6. The molecule has 0 amide bonds. The van der Waals surface area contributed by atoms with Gasteiger partial charge in [0.15, 0.2) is 0 Å². The molecule has 0 radical (unpaired) electrons. The summed E-state index contributed by atoms with van der Waals surface area (Å²) in [6.45, 7) is 7.90. The molecule has 2 rings (SSSR count). The Morgan fingerprint density at radius 2 is 2.05 bits per heavy atom. The van der Waals surface area contributed by atoms with Crippen LogP contribution >= 0.6 is 0 Å². The summed E-state index contributed by atoms with van der Waals surface area (Å²) in [7, 11) is 0. The van der Waals surface area contributed by atoms with Crippen LogP contribution in [0.5, 0.6) is 0 Å². The van der Waals surface area contributed by atoms with Crippen molar-refractivity contribution in [2.75, 3.05) is 30.3 Å². The van der Waals surface area contributed by atoms with Gasteiger partial charge in [-0.3, -0.25) is 0 Å². The largest absolute Gasteiger partial charge is 0.385 e. The van der Waals surface area contributed by atoms with E-state index in [9.17, 15) is 5.11 Å². The van der Waals surface area contributed by atoms with Gasteiger partial charge in [-0.1, -0.05) is 6.92 Å². The van der Waals surface area contributed by atoms with E-state index in [0.717, 1.165) is 36.8 Å². The number of nitrogens with zero attached hydrogens (tertiary/aromatic N) is 2. The average Bonchev–Trinajstić information content (AvgIpc) is 2.78. The number of ether oxygens (including phenoxy) is 1. The lowest BCUT2D eigenvalue weighted by molar-refractivity contribution is -0.0176. The summed E-state index contributed by atoms with van der Waals surface area (Å²) in [5, 5.41) is 17.0. The standard InChI is InChI=1S/C15H26N4O2/c1-4-6-12-18-13(16-5-2)9-14(19-12)17-10-15(20)7-8-21-11(15)3/h9,11,20H,4-8,10H2,1-3H3,(H2,16,17,18,19). The number of hydrogen-bond donors (Lipinski definition) is 3. The van der Waals surface area contributed by atoms with Gasteiger partial charge in [0.2, 0.25) is 0 Å². The molecular weight excluding hydrogens is 268 g/mol. The first-order chi connectivity index (χ1) is 10.1. The topological polar surface area (TPSA) is 79.3 Å². The number of anilines is 2. The van der Waals surface area contributed by atoms with E-state index < -0.39 is 5.60 Å². The summed E-state index contributed by atoms with van der Waals surface area (Å²) in [5.74, 6) is 2.39. The predicted molar refractivity (Wildman–Crippen MR) is 83.7 cm³/mol. The SMILES string of the molecule is CCCc1nc(NCC)cc(NCC2(O)CCOC2C)n1. The Morgan fingerprint density at radius 3 is 2.62 bits per heavy atom. The lowest BCUT2D eigenvalue weighted by atomic mass is 9.97. The van der Waals surface area contributed by atoms with E-state index >= 15 is 0 Å². The second-order valence-corrected chi connectivity index (χ2v) is 5.56. The van der Waals surface area contributed by atoms with E-state index in [0.29, 0.717) is 19.6 Å². The van der Waals surface area contributed by atoms with Crippen LogP contribution in [-0.4, -0.2) is 46.5 Å². The van der Waals surface area contributed by atoms with Crippen LogP contribution < -0.4 is 10.6 Å². The minimum absolute atomic E-state index is 0.157. The zero-order valence-electron chi connectivity index (χ0n) is 13.1. The molecule has 1 saturated heterocycles. The lowest BCUT2D eigenvalue weighted by Gasteiger charge is -2.26. The van der Waals surface area contributed by atoms with Gasteiger partial charge in [-0.15, -0.1) is 0 Å². The van der Waals surface area contributed by atoms with Crippen molar-refractivity contribution in [1.82, 2.24) is 9.97 Å². The molecule has 6 heteroatoms. The van der Waals surface area contributed by atoms with Crippen molar-refractivity contribution < 1.29 is 9.84 Å². The molecule has 6 nitrogen and oxygen atoms in total. The van der Waals surface area contributed by atoms with Crippen molar-refractivity contribution in [1.29, 1.82) is 0 Å². The molecule has 0 saturated carbocycles. The maximum Gasteiger partial charge on any atom is 0.133 e. The molecule has 1 aromatic heterocycles. The van der Waals surface area contributed by atoms with Crippen LogP contribution in [0.2, 0.25) is 0 Å². The van der Waals surface area contributed by atoms with E-state index in [1.54, 1.807) is 0 Å². The van der Waals surface area contributed by atoms with Crippen molar-refractivity contribution in [2.45, 2.75) is 51.7 Å². The normalized spacial score (nSPS) is 25.0. The van der Waals surface area contributed by atoms with Gasteiger partial charge >= 0.3 is 0 Å². The van der Waals surface area contributed by atoms with Gasteiger partial charge in [-0.2, -0.15) is 0 Å². The van der Waals surface area contributed by atoms with Crippen LogP contribution in [0.15, 0.2) is 6.07 Å². The zero-order chi connectivity index (χ0) is 15.3. The van der Waals surface area contributed by atoms with Gasteiger partial charge in [0.1, 0.15) is 23.1 Å². The van der Waals surface area contributed by atoms with Crippen molar-refractivity contribution in [2.24, 2.45) is 0 Å². The molecule has 2 atom stereocenters. The maximum absolute atomic E-state index is 10.5. The van der Waals surface area contributed by atoms with Gasteiger partial charge in [0.25, 0.3) is 0 Å². The third-order valence-corrected chi connectivity index (χ3v) is 3.84. The van der Waals surface area contributed by atoms with Crippen LogP contribution in [0.4, 0.5) is 11.6 Å². The van der Waals surface area contributed by atoms with Crippen molar-refractivity contribution in [3.8, 4) is 0 Å². The molecule has 2 heterocycles. The molecule has 2 unspecified atom stereocenters. The highest BCUT2D eigenvalue weighted by Gasteiger charge is 2.39. The average molecular weight is 294 g/mol. The van der Waals surface area contributed by atoms with E-state index in [1.807, 2.05) is 19.9 Å². The van der Waals surface area contributed by atoms with Crippen LogP contribution in [0.3, 0.4) is 0 Å². The second kappa shape index (κ2) is 7.04. The molecule has 118 valence electrons. The molecule has 1 aliphatic rings. The van der Waals surface area contributed by atoms with Crippen molar-refractivity contribution in [3.05, 3.63) is 11.9 Å². The Labute approximate surface area is 126 Å². The van der Waals surface area contributed by atoms with Gasteiger partial charge in [-0.05, 0) is 20.3 Å². The number of aromatic nitrogens is 2. The third-order valence-electron chi connectivity index (χ3n) is 3.84. The molecule has 1 fully saturated rings. The first kappa shape index (κ1) is 16.0. The highest BCUT2D eigenvalue weighted by Crippen LogP contribution is 2.26. The van der Waals surface area contributed by atoms with Crippen molar-refractivity contribution >= 4 is 11.6 Å². The zero-order valence-corrected chi connectivity index (χ0v) is 13.1. The molecule has 1 aliphatic heterocycles. The fourth-order valence-electron chi connectivity index (χ4n) is 2.44. The molecular formula is C15H26N4O2. The minimum Gasteiger partial charge on any atom is -0.385 e. The highest BCUT2D eigenvalue weighted by atomic mass is 16.5. The Kier molecular flexibility index (Phi) is 5.36. The number of aryl methyl sites for hydroxylation is 1. The highest BCUT2D eigenvalue weighted by molar-refractivity contribution is 5.47. The quantitative estimate of drug-likeness (QED) is 0.712. The Balaban J connectivity index is 2.07. The van der Waals surface area contributed by atoms with Gasteiger partial charge in [-0.25, -0.2) is 9.97 Å². The summed E-state index contributed by atoms with van der Waals surface area (Å²) < 4.78 is 5.45. The van der Waals surface area contributed by atoms with E-state index in [1.165, 1.54) is 0 Å². The maximum atomic E-state index is 10.5. The van der Waals surface area contributed by atoms with Crippen LogP contribution in [0.1, 0.15) is 39.4 Å². The first-order valence-corrected chi connectivity index (χ1v) is 7.77. The van der Waals surface area contributed by atoms with Crippen LogP contribution in [0, 0.1) is 0 Å². The fraction of sp³-hybridized carbons (Fsp3) is 0.733. The first-order valence-electron chi connectivity index (χ1n) is 7.77. The summed E-state index contributed by atoms with van der Waals surface area (Å²) >= 11 is 0. The Hall–Kier alpha value is -1.40. The van der Waals surface area contributed by atoms with Gasteiger partial charge in [0, 0.05) is 38.6 Å². The molecule has 0 spiro atoms. The molecule has 3 N–H and O–H groups in total. The number of aliphatic hydroxyl groups is 1. The van der Waals surface area contributed by atoms with E-state index in [4.69, 9.17) is 4.74 Å². The summed E-state index contributed by atoms with van der Waals surface area (Å²) in [4.78, 5) is 8.98. The second-order valence-electron chi connectivity index (χ2n) is 5.56. The number of rotatable bonds is 7. The lowest BCUT2D eigenvalue weighted by Crippen LogP contribution is -2.43. The molecule has 0 aliphatic carbocycles. The fourth-order valence-corrected chi connectivity index (χ4v) is 2.44.